The van der Waals surface area contributed by atoms with Crippen molar-refractivity contribution in [2.75, 3.05) is 0 Å². The molecule has 6 aromatic carbocycles. The van der Waals surface area contributed by atoms with Gasteiger partial charge in [-0.3, -0.25) is 4.79 Å². The molecular formula is C44H40O6. The SMILES string of the molecule is O=C(Cc1ccc(OCc2ccccc2)c(-c2cc(CC(O)OCc3ccccc3)ccc2OCc2ccccc2)c1)OCc1ccccc1. The third-order valence-electron chi connectivity index (χ3n) is 8.14. The van der Waals surface area contributed by atoms with Gasteiger partial charge in [0, 0.05) is 17.5 Å². The molecule has 252 valence electrons. The second kappa shape index (κ2) is 17.6. The molecule has 0 aliphatic rings. The van der Waals surface area contributed by atoms with E-state index in [4.69, 9.17) is 18.9 Å². The fourth-order valence-electron chi connectivity index (χ4n) is 5.52. The van der Waals surface area contributed by atoms with E-state index in [1.807, 2.05) is 158 Å². The Hall–Kier alpha value is -5.69. The van der Waals surface area contributed by atoms with Gasteiger partial charge in [0.15, 0.2) is 6.29 Å². The topological polar surface area (TPSA) is 74.2 Å². The molecule has 6 nitrogen and oxygen atoms in total. The fraction of sp³-hybridized carbons (Fsp3) is 0.159. The highest BCUT2D eigenvalue weighted by molar-refractivity contribution is 5.79. The van der Waals surface area contributed by atoms with Crippen molar-refractivity contribution in [2.45, 2.75) is 45.6 Å². The molecule has 6 rings (SSSR count). The monoisotopic (exact) mass is 664 g/mol. The summed E-state index contributed by atoms with van der Waals surface area (Å²) in [6.45, 7) is 1.23. The van der Waals surface area contributed by atoms with Crippen molar-refractivity contribution in [1.82, 2.24) is 0 Å². The van der Waals surface area contributed by atoms with Gasteiger partial charge >= 0.3 is 5.97 Å². The van der Waals surface area contributed by atoms with Crippen LogP contribution in [-0.4, -0.2) is 17.4 Å². The molecule has 0 fully saturated rings. The lowest BCUT2D eigenvalue weighted by molar-refractivity contribution is -0.144. The van der Waals surface area contributed by atoms with E-state index in [0.29, 0.717) is 31.3 Å². The van der Waals surface area contributed by atoms with Gasteiger partial charge in [0.2, 0.25) is 0 Å². The van der Waals surface area contributed by atoms with Gasteiger partial charge in [-0.2, -0.15) is 0 Å². The molecule has 0 amide bonds. The second-order valence-electron chi connectivity index (χ2n) is 12.0. The van der Waals surface area contributed by atoms with Crippen molar-refractivity contribution in [3.63, 3.8) is 0 Å². The maximum Gasteiger partial charge on any atom is 0.310 e. The number of esters is 1. The van der Waals surface area contributed by atoms with Crippen LogP contribution in [0.15, 0.2) is 158 Å². The summed E-state index contributed by atoms with van der Waals surface area (Å²) >= 11 is 0. The van der Waals surface area contributed by atoms with Gasteiger partial charge in [0.1, 0.15) is 31.3 Å². The number of hydrogen-bond acceptors (Lipinski definition) is 6. The molecule has 0 saturated heterocycles. The lowest BCUT2D eigenvalue weighted by Gasteiger charge is -2.19. The van der Waals surface area contributed by atoms with Gasteiger partial charge in [0.25, 0.3) is 0 Å². The molecule has 0 heterocycles. The van der Waals surface area contributed by atoms with E-state index in [2.05, 4.69) is 0 Å². The first-order valence-corrected chi connectivity index (χ1v) is 16.7. The zero-order valence-corrected chi connectivity index (χ0v) is 27.8. The number of hydrogen-bond donors (Lipinski definition) is 1. The Bertz CT molecular complexity index is 1930. The summed E-state index contributed by atoms with van der Waals surface area (Å²) in [5.74, 6) is 0.953. The van der Waals surface area contributed by atoms with Crippen molar-refractivity contribution in [3.05, 3.63) is 191 Å². The molecule has 0 spiro atoms. The Balaban J connectivity index is 1.29. The molecule has 1 N–H and O–H groups in total. The van der Waals surface area contributed by atoms with Gasteiger partial charge < -0.3 is 24.1 Å². The Morgan fingerprint density at radius 3 is 1.40 bits per heavy atom. The number of carbonyl (C=O) groups excluding carboxylic acids is 1. The predicted octanol–water partition coefficient (Wildman–Crippen LogP) is 8.88. The summed E-state index contributed by atoms with van der Waals surface area (Å²) in [5.41, 5.74) is 7.14. The maximum absolute atomic E-state index is 13.0. The van der Waals surface area contributed by atoms with Crippen LogP contribution in [0.1, 0.15) is 33.4 Å². The number of aliphatic hydroxyl groups is 1. The molecule has 6 aromatic rings. The van der Waals surface area contributed by atoms with E-state index in [0.717, 1.165) is 44.5 Å². The first-order valence-electron chi connectivity index (χ1n) is 16.7. The fourth-order valence-corrected chi connectivity index (χ4v) is 5.52. The summed E-state index contributed by atoms with van der Waals surface area (Å²) in [6.07, 6.45) is -0.659. The Morgan fingerprint density at radius 1 is 0.480 bits per heavy atom. The lowest BCUT2D eigenvalue weighted by atomic mass is 9.97. The number of aliphatic hydroxyl groups excluding tert-OH is 1. The average molecular weight is 665 g/mol. The van der Waals surface area contributed by atoms with Crippen LogP contribution in [0.3, 0.4) is 0 Å². The van der Waals surface area contributed by atoms with Crippen molar-refractivity contribution in [1.29, 1.82) is 0 Å². The average Bonchev–Trinajstić information content (AvgIpc) is 3.17. The third kappa shape index (κ3) is 10.2. The lowest BCUT2D eigenvalue weighted by Crippen LogP contribution is -2.15. The molecule has 0 bridgehead atoms. The number of carbonyl (C=O) groups is 1. The molecule has 6 heteroatoms. The Morgan fingerprint density at radius 2 is 0.900 bits per heavy atom. The number of benzene rings is 6. The van der Waals surface area contributed by atoms with Crippen LogP contribution >= 0.6 is 0 Å². The number of rotatable bonds is 16. The minimum Gasteiger partial charge on any atom is -0.488 e. The first kappa shape index (κ1) is 34.2. The normalized spacial score (nSPS) is 11.5. The van der Waals surface area contributed by atoms with Gasteiger partial charge in [0.05, 0.1) is 13.0 Å². The number of ether oxygens (including phenoxy) is 4. The highest BCUT2D eigenvalue weighted by atomic mass is 16.6. The Kier molecular flexibility index (Phi) is 12.1. The molecule has 0 radical (unpaired) electrons. The molecule has 0 aliphatic carbocycles. The van der Waals surface area contributed by atoms with Gasteiger partial charge in [-0.05, 0) is 57.6 Å². The standard InChI is InChI=1S/C44H40O6/c45-43(49-31-35-17-9-3-10-18-35)27-37-21-23-41(47-29-33-13-5-1-6-14-33)39(25-37)40-26-38(28-44(46)50-32-36-19-11-4-12-20-36)22-24-42(40)48-30-34-15-7-2-8-16-34/h1-26,43,45H,27-32H2. The molecule has 50 heavy (non-hydrogen) atoms. The van der Waals surface area contributed by atoms with E-state index >= 15 is 0 Å². The first-order chi connectivity index (χ1) is 24.6. The summed E-state index contributed by atoms with van der Waals surface area (Å²) in [7, 11) is 0. The molecule has 1 atom stereocenters. The molecular weight excluding hydrogens is 624 g/mol. The minimum absolute atomic E-state index is 0.0880. The smallest absolute Gasteiger partial charge is 0.310 e. The van der Waals surface area contributed by atoms with Gasteiger partial charge in [-0.15, -0.1) is 0 Å². The highest BCUT2D eigenvalue weighted by Crippen LogP contribution is 2.39. The third-order valence-corrected chi connectivity index (χ3v) is 8.14. The van der Waals surface area contributed by atoms with Crippen LogP contribution in [-0.2, 0) is 53.5 Å². The summed E-state index contributed by atoms with van der Waals surface area (Å²) < 4.78 is 24.2. The second-order valence-corrected chi connectivity index (χ2v) is 12.0. The van der Waals surface area contributed by atoms with Crippen LogP contribution in [0.4, 0.5) is 0 Å². The van der Waals surface area contributed by atoms with E-state index in [1.54, 1.807) is 0 Å². The van der Waals surface area contributed by atoms with Crippen LogP contribution in [0, 0.1) is 0 Å². The van der Waals surface area contributed by atoms with Crippen molar-refractivity contribution in [2.24, 2.45) is 0 Å². The van der Waals surface area contributed by atoms with Crippen LogP contribution in [0.5, 0.6) is 11.5 Å². The zero-order chi connectivity index (χ0) is 34.4. The van der Waals surface area contributed by atoms with E-state index < -0.39 is 6.29 Å². The minimum atomic E-state index is -1.02. The predicted molar refractivity (Wildman–Crippen MR) is 194 cm³/mol. The Labute approximate surface area is 293 Å². The van der Waals surface area contributed by atoms with Gasteiger partial charge in [-0.1, -0.05) is 133 Å². The molecule has 0 aliphatic heterocycles. The van der Waals surface area contributed by atoms with Crippen LogP contribution in [0.25, 0.3) is 11.1 Å². The maximum atomic E-state index is 13.0. The molecule has 1 unspecified atom stereocenters. The van der Waals surface area contributed by atoms with Gasteiger partial charge in [-0.25, -0.2) is 0 Å². The molecule has 0 aromatic heterocycles. The summed E-state index contributed by atoms with van der Waals surface area (Å²) in [6, 6.07) is 50.9. The quantitative estimate of drug-likeness (QED) is 0.0823. The largest absolute Gasteiger partial charge is 0.488 e. The van der Waals surface area contributed by atoms with Crippen molar-refractivity contribution < 1.29 is 28.8 Å². The van der Waals surface area contributed by atoms with E-state index in [-0.39, 0.29) is 25.4 Å². The van der Waals surface area contributed by atoms with Crippen LogP contribution < -0.4 is 9.47 Å². The van der Waals surface area contributed by atoms with Crippen molar-refractivity contribution >= 4 is 5.97 Å². The van der Waals surface area contributed by atoms with Crippen molar-refractivity contribution in [3.8, 4) is 22.6 Å². The van der Waals surface area contributed by atoms with E-state index in [1.165, 1.54) is 0 Å². The summed E-state index contributed by atoms with van der Waals surface area (Å²) in [4.78, 5) is 13.0. The van der Waals surface area contributed by atoms with Crippen LogP contribution in [0.2, 0.25) is 0 Å². The highest BCUT2D eigenvalue weighted by Gasteiger charge is 2.18. The zero-order valence-electron chi connectivity index (χ0n) is 27.8. The molecule has 0 saturated carbocycles. The summed E-state index contributed by atoms with van der Waals surface area (Å²) in [5, 5.41) is 10.9. The van der Waals surface area contributed by atoms with E-state index in [9.17, 15) is 9.90 Å².